The molecule has 5 heteroatoms. The van der Waals surface area contributed by atoms with Crippen LogP contribution in [0.2, 0.25) is 0 Å². The molecular weight excluding hydrogens is 196 g/mol. The molecule has 0 radical (unpaired) electrons. The van der Waals surface area contributed by atoms with E-state index in [0.29, 0.717) is 11.3 Å². The van der Waals surface area contributed by atoms with Gasteiger partial charge in [0, 0.05) is 11.1 Å². The number of aromatic carboxylic acids is 1. The number of carbonyl (C=O) groups is 1. The van der Waals surface area contributed by atoms with Crippen molar-refractivity contribution in [3.05, 3.63) is 23.4 Å². The van der Waals surface area contributed by atoms with Crippen LogP contribution in [0, 0.1) is 6.92 Å². The molecule has 1 aromatic heterocycles. The largest absolute Gasteiger partial charge is 0.497 e. The van der Waals surface area contributed by atoms with Crippen LogP contribution >= 0.6 is 0 Å². The molecule has 0 bridgehead atoms. The van der Waals surface area contributed by atoms with Gasteiger partial charge in [0.25, 0.3) is 0 Å². The number of aromatic amines is 1. The number of hydrogen-bond donors (Lipinski definition) is 2. The smallest absolute Gasteiger partial charge is 0.338 e. The van der Waals surface area contributed by atoms with E-state index in [4.69, 9.17) is 9.84 Å². The quantitative estimate of drug-likeness (QED) is 0.782. The van der Waals surface area contributed by atoms with Gasteiger partial charge in [-0.2, -0.15) is 5.10 Å². The van der Waals surface area contributed by atoms with Gasteiger partial charge in [0.15, 0.2) is 0 Å². The van der Waals surface area contributed by atoms with Crippen LogP contribution in [0.4, 0.5) is 0 Å². The second-order valence-corrected chi connectivity index (χ2v) is 3.22. The molecule has 0 spiro atoms. The summed E-state index contributed by atoms with van der Waals surface area (Å²) in [5.74, 6) is -0.491. The van der Waals surface area contributed by atoms with Crippen molar-refractivity contribution < 1.29 is 14.6 Å². The number of benzene rings is 1. The summed E-state index contributed by atoms with van der Waals surface area (Å²) in [4.78, 5) is 11.0. The first-order valence-corrected chi connectivity index (χ1v) is 4.39. The van der Waals surface area contributed by atoms with Crippen molar-refractivity contribution in [2.45, 2.75) is 6.92 Å². The SMILES string of the molecule is COc1cc(C(=O)O)c2n[nH]c(C)c2c1. The second kappa shape index (κ2) is 3.27. The fourth-order valence-electron chi connectivity index (χ4n) is 1.50. The van der Waals surface area contributed by atoms with Gasteiger partial charge in [0.1, 0.15) is 11.3 Å². The zero-order valence-corrected chi connectivity index (χ0v) is 8.37. The standard InChI is InChI=1S/C10H10N2O3/c1-5-7-3-6(15-2)4-8(10(13)14)9(7)12-11-5/h3-4H,1-2H3,(H,11,12)(H,13,14). The normalized spacial score (nSPS) is 10.5. The highest BCUT2D eigenvalue weighted by atomic mass is 16.5. The minimum Gasteiger partial charge on any atom is -0.497 e. The Bertz CT molecular complexity index is 531. The first kappa shape index (κ1) is 9.51. The summed E-state index contributed by atoms with van der Waals surface area (Å²) in [6, 6.07) is 3.23. The Morgan fingerprint density at radius 3 is 2.87 bits per heavy atom. The summed E-state index contributed by atoms with van der Waals surface area (Å²) < 4.78 is 5.03. The number of rotatable bonds is 2. The Hall–Kier alpha value is -2.04. The third-order valence-electron chi connectivity index (χ3n) is 2.29. The van der Waals surface area contributed by atoms with Gasteiger partial charge in [-0.15, -0.1) is 0 Å². The molecule has 0 aliphatic carbocycles. The average Bonchev–Trinajstić information content (AvgIpc) is 2.59. The molecule has 0 saturated heterocycles. The Kier molecular flexibility index (Phi) is 2.07. The number of nitrogens with zero attached hydrogens (tertiary/aromatic N) is 1. The fraction of sp³-hybridized carbons (Fsp3) is 0.200. The number of carboxylic acids is 1. The van der Waals surface area contributed by atoms with E-state index < -0.39 is 5.97 Å². The monoisotopic (exact) mass is 206 g/mol. The van der Waals surface area contributed by atoms with E-state index in [2.05, 4.69) is 10.2 Å². The Labute approximate surface area is 85.7 Å². The van der Waals surface area contributed by atoms with Crippen LogP contribution in [-0.4, -0.2) is 28.4 Å². The van der Waals surface area contributed by atoms with Gasteiger partial charge >= 0.3 is 5.97 Å². The summed E-state index contributed by atoms with van der Waals surface area (Å²) in [5, 5.41) is 16.5. The molecule has 0 aliphatic rings. The highest BCUT2D eigenvalue weighted by molar-refractivity contribution is 6.03. The molecule has 0 fully saturated rings. The summed E-state index contributed by atoms with van der Waals surface area (Å²) in [6.45, 7) is 1.83. The van der Waals surface area contributed by atoms with Crippen molar-refractivity contribution in [3.63, 3.8) is 0 Å². The number of nitrogens with one attached hydrogen (secondary N) is 1. The molecule has 1 aromatic carbocycles. The number of fused-ring (bicyclic) bond motifs is 1. The molecule has 0 unspecified atom stereocenters. The lowest BCUT2D eigenvalue weighted by atomic mass is 10.1. The maximum Gasteiger partial charge on any atom is 0.338 e. The van der Waals surface area contributed by atoms with Crippen LogP contribution in [0.5, 0.6) is 5.75 Å². The van der Waals surface area contributed by atoms with Crippen molar-refractivity contribution in [3.8, 4) is 5.75 Å². The van der Waals surface area contributed by atoms with Gasteiger partial charge in [0.05, 0.1) is 12.7 Å². The van der Waals surface area contributed by atoms with E-state index in [1.54, 1.807) is 6.07 Å². The number of aromatic nitrogens is 2. The second-order valence-electron chi connectivity index (χ2n) is 3.22. The van der Waals surface area contributed by atoms with Crippen molar-refractivity contribution in [2.24, 2.45) is 0 Å². The summed E-state index contributed by atoms with van der Waals surface area (Å²) in [5.41, 5.74) is 1.43. The van der Waals surface area contributed by atoms with E-state index >= 15 is 0 Å². The Balaban J connectivity index is 2.82. The van der Waals surface area contributed by atoms with Gasteiger partial charge in [-0.25, -0.2) is 4.79 Å². The summed E-state index contributed by atoms with van der Waals surface area (Å²) in [6.07, 6.45) is 0. The lowest BCUT2D eigenvalue weighted by Crippen LogP contribution is -1.98. The molecule has 2 aromatic rings. The predicted molar refractivity (Wildman–Crippen MR) is 54.3 cm³/mol. The van der Waals surface area contributed by atoms with E-state index in [9.17, 15) is 4.79 Å². The topological polar surface area (TPSA) is 75.2 Å². The molecule has 78 valence electrons. The van der Waals surface area contributed by atoms with E-state index in [1.807, 2.05) is 6.92 Å². The maximum absolute atomic E-state index is 11.0. The number of methoxy groups -OCH3 is 1. The molecule has 2 rings (SSSR count). The van der Waals surface area contributed by atoms with Gasteiger partial charge in [-0.05, 0) is 19.1 Å². The van der Waals surface area contributed by atoms with Gasteiger partial charge in [-0.3, -0.25) is 5.10 Å². The third kappa shape index (κ3) is 1.41. The average molecular weight is 206 g/mol. The summed E-state index contributed by atoms with van der Waals surface area (Å²) in [7, 11) is 1.50. The van der Waals surface area contributed by atoms with Gasteiger partial charge in [0.2, 0.25) is 0 Å². The molecule has 5 nitrogen and oxygen atoms in total. The third-order valence-corrected chi connectivity index (χ3v) is 2.29. The van der Waals surface area contributed by atoms with E-state index in [-0.39, 0.29) is 5.56 Å². The zero-order valence-electron chi connectivity index (χ0n) is 8.37. The molecule has 0 atom stereocenters. The lowest BCUT2D eigenvalue weighted by Gasteiger charge is -2.02. The van der Waals surface area contributed by atoms with E-state index in [0.717, 1.165) is 11.1 Å². The number of H-pyrrole nitrogens is 1. The van der Waals surface area contributed by atoms with E-state index in [1.165, 1.54) is 13.2 Å². The van der Waals surface area contributed by atoms with Crippen molar-refractivity contribution in [2.75, 3.05) is 7.11 Å². The minimum atomic E-state index is -1.01. The zero-order chi connectivity index (χ0) is 11.0. The number of ether oxygens (including phenoxy) is 1. The molecule has 1 heterocycles. The van der Waals surface area contributed by atoms with Crippen molar-refractivity contribution >= 4 is 16.9 Å². The predicted octanol–water partition coefficient (Wildman–Crippen LogP) is 1.58. The number of hydrogen-bond acceptors (Lipinski definition) is 3. The van der Waals surface area contributed by atoms with Crippen LogP contribution < -0.4 is 4.74 Å². The Morgan fingerprint density at radius 2 is 2.27 bits per heavy atom. The molecule has 0 saturated carbocycles. The Morgan fingerprint density at radius 1 is 1.53 bits per heavy atom. The van der Waals surface area contributed by atoms with Gasteiger partial charge in [-0.1, -0.05) is 0 Å². The highest BCUT2D eigenvalue weighted by Gasteiger charge is 2.14. The molecular formula is C10H10N2O3. The lowest BCUT2D eigenvalue weighted by molar-refractivity contribution is 0.0698. The van der Waals surface area contributed by atoms with Crippen LogP contribution in [0.1, 0.15) is 16.1 Å². The first-order chi connectivity index (χ1) is 7.13. The number of aryl methyl sites for hydroxylation is 1. The maximum atomic E-state index is 11.0. The first-order valence-electron chi connectivity index (χ1n) is 4.39. The molecule has 0 aliphatic heterocycles. The van der Waals surface area contributed by atoms with Crippen LogP contribution in [0.15, 0.2) is 12.1 Å². The fourth-order valence-corrected chi connectivity index (χ4v) is 1.50. The van der Waals surface area contributed by atoms with Crippen LogP contribution in [0.25, 0.3) is 10.9 Å². The minimum absolute atomic E-state index is 0.147. The van der Waals surface area contributed by atoms with Crippen LogP contribution in [0.3, 0.4) is 0 Å². The van der Waals surface area contributed by atoms with Crippen molar-refractivity contribution in [1.82, 2.24) is 10.2 Å². The van der Waals surface area contributed by atoms with Gasteiger partial charge < -0.3 is 9.84 Å². The molecule has 0 amide bonds. The summed E-state index contributed by atoms with van der Waals surface area (Å²) >= 11 is 0. The number of carboxylic acid groups (broad SMARTS) is 1. The highest BCUT2D eigenvalue weighted by Crippen LogP contribution is 2.25. The molecule has 2 N–H and O–H groups in total. The van der Waals surface area contributed by atoms with Crippen molar-refractivity contribution in [1.29, 1.82) is 0 Å². The molecule has 15 heavy (non-hydrogen) atoms. The van der Waals surface area contributed by atoms with Crippen LogP contribution in [-0.2, 0) is 0 Å².